The molecule has 0 fully saturated rings. The fraction of sp³-hybridized carbons (Fsp3) is 0.250. The first kappa shape index (κ1) is 16.3. The zero-order valence-corrected chi connectivity index (χ0v) is 14.7. The number of carbonyl (C=O) groups is 1. The number of carbonyl (C=O) groups excluding carboxylic acids is 1. The summed E-state index contributed by atoms with van der Waals surface area (Å²) in [4.78, 5) is 33.8. The van der Waals surface area contributed by atoms with Crippen molar-refractivity contribution in [2.75, 3.05) is 12.0 Å². The summed E-state index contributed by atoms with van der Waals surface area (Å²) in [6.07, 6.45) is 0.973. The number of esters is 1. The first-order valence-corrected chi connectivity index (χ1v) is 8.52. The van der Waals surface area contributed by atoms with Crippen LogP contribution in [0.15, 0.2) is 47.3 Å². The highest BCUT2D eigenvalue weighted by Gasteiger charge is 2.26. The molecule has 1 aliphatic rings. The van der Waals surface area contributed by atoms with Crippen LogP contribution in [0.25, 0.3) is 10.9 Å². The molecular formula is C20H19N3O3. The molecule has 6 nitrogen and oxygen atoms in total. The topological polar surface area (TPSA) is 75.3 Å². The van der Waals surface area contributed by atoms with Crippen LogP contribution in [-0.4, -0.2) is 29.1 Å². The lowest BCUT2D eigenvalue weighted by Crippen LogP contribution is -2.30. The number of hydrogen-bond acceptors (Lipinski definition) is 5. The number of hydrogen-bond donors (Lipinski definition) is 1. The van der Waals surface area contributed by atoms with Crippen LogP contribution in [-0.2, 0) is 17.7 Å². The van der Waals surface area contributed by atoms with Crippen LogP contribution in [0.2, 0.25) is 0 Å². The molecule has 132 valence electrons. The van der Waals surface area contributed by atoms with Crippen molar-refractivity contribution >= 4 is 22.6 Å². The second-order valence-corrected chi connectivity index (χ2v) is 6.55. The molecule has 1 aliphatic heterocycles. The molecule has 0 saturated heterocycles. The number of nitrogens with one attached hydrogen (secondary N) is 1. The van der Waals surface area contributed by atoms with E-state index in [1.54, 1.807) is 18.2 Å². The lowest BCUT2D eigenvalue weighted by atomic mass is 10.1. The highest BCUT2D eigenvalue weighted by Crippen LogP contribution is 2.32. The van der Waals surface area contributed by atoms with Crippen LogP contribution in [0.1, 0.15) is 28.7 Å². The number of nitrogens with zero attached hydrogens (tertiary/aromatic N) is 2. The number of rotatable bonds is 3. The first-order chi connectivity index (χ1) is 12.6. The molecule has 1 aromatic heterocycles. The number of ether oxygens (including phenoxy) is 1. The van der Waals surface area contributed by atoms with Crippen LogP contribution in [0.3, 0.4) is 0 Å². The van der Waals surface area contributed by atoms with Gasteiger partial charge in [0.1, 0.15) is 5.82 Å². The van der Waals surface area contributed by atoms with E-state index in [0.717, 1.165) is 6.42 Å². The Balaban J connectivity index is 1.73. The Labute approximate surface area is 150 Å². The van der Waals surface area contributed by atoms with E-state index < -0.39 is 5.97 Å². The fourth-order valence-electron chi connectivity index (χ4n) is 3.54. The van der Waals surface area contributed by atoms with Crippen LogP contribution in [0, 0.1) is 0 Å². The Bertz CT molecular complexity index is 1060. The Morgan fingerprint density at radius 2 is 2.12 bits per heavy atom. The van der Waals surface area contributed by atoms with E-state index in [1.165, 1.54) is 18.4 Å². The molecule has 2 heterocycles. The molecule has 0 unspecified atom stereocenters. The number of benzene rings is 2. The molecule has 0 aliphatic carbocycles. The molecule has 3 aromatic rings. The second kappa shape index (κ2) is 6.29. The zero-order chi connectivity index (χ0) is 18.3. The number of aromatic nitrogens is 2. The fourth-order valence-corrected chi connectivity index (χ4v) is 3.54. The van der Waals surface area contributed by atoms with Gasteiger partial charge in [-0.2, -0.15) is 0 Å². The predicted octanol–water partition coefficient (Wildman–Crippen LogP) is 2.66. The minimum absolute atomic E-state index is 0.207. The van der Waals surface area contributed by atoms with Gasteiger partial charge in [0.2, 0.25) is 0 Å². The summed E-state index contributed by atoms with van der Waals surface area (Å²) >= 11 is 0. The van der Waals surface area contributed by atoms with Gasteiger partial charge in [-0.15, -0.1) is 0 Å². The zero-order valence-electron chi connectivity index (χ0n) is 14.7. The molecule has 0 radical (unpaired) electrons. The number of anilines is 1. The van der Waals surface area contributed by atoms with Gasteiger partial charge in [-0.1, -0.05) is 18.2 Å². The van der Waals surface area contributed by atoms with Crippen molar-refractivity contribution in [3.8, 4) is 0 Å². The standard InChI is InChI=1S/C20H19N3O3/c1-12-9-13-5-3-4-6-17(13)23(12)11-18-21-16-10-14(20(25)26-2)7-8-15(16)19(24)22-18/h3-8,10,12H,9,11H2,1-2H3,(H,21,22,24)/t12-/m1/s1. The van der Waals surface area contributed by atoms with Gasteiger partial charge in [-0.25, -0.2) is 9.78 Å². The summed E-state index contributed by atoms with van der Waals surface area (Å²) in [6, 6.07) is 13.4. The van der Waals surface area contributed by atoms with Gasteiger partial charge in [0, 0.05) is 11.7 Å². The SMILES string of the molecule is COC(=O)c1ccc2c(=O)[nH]c(CN3c4ccccc4C[C@H]3C)nc2c1. The molecule has 6 heteroatoms. The summed E-state index contributed by atoms with van der Waals surface area (Å²) in [5, 5.41) is 0.455. The van der Waals surface area contributed by atoms with Crippen LogP contribution >= 0.6 is 0 Å². The number of H-pyrrole nitrogens is 1. The van der Waals surface area contributed by atoms with Crippen LogP contribution < -0.4 is 10.5 Å². The third-order valence-electron chi connectivity index (χ3n) is 4.85. The van der Waals surface area contributed by atoms with E-state index in [2.05, 4.69) is 33.9 Å². The molecule has 26 heavy (non-hydrogen) atoms. The number of fused-ring (bicyclic) bond motifs is 2. The smallest absolute Gasteiger partial charge is 0.337 e. The second-order valence-electron chi connectivity index (χ2n) is 6.55. The van der Waals surface area contributed by atoms with Gasteiger partial charge in [0.15, 0.2) is 0 Å². The average molecular weight is 349 g/mol. The third kappa shape index (κ3) is 2.73. The Kier molecular flexibility index (Phi) is 3.95. The maximum atomic E-state index is 12.4. The maximum absolute atomic E-state index is 12.4. The highest BCUT2D eigenvalue weighted by atomic mass is 16.5. The van der Waals surface area contributed by atoms with Crippen LogP contribution in [0.5, 0.6) is 0 Å². The molecule has 0 saturated carbocycles. The van der Waals surface area contributed by atoms with Crippen molar-refractivity contribution in [3.63, 3.8) is 0 Å². The van der Waals surface area contributed by atoms with Gasteiger partial charge >= 0.3 is 5.97 Å². The maximum Gasteiger partial charge on any atom is 0.337 e. The lowest BCUT2D eigenvalue weighted by Gasteiger charge is -2.24. The van der Waals surface area contributed by atoms with Crippen molar-refractivity contribution < 1.29 is 9.53 Å². The van der Waals surface area contributed by atoms with Gasteiger partial charge in [-0.3, -0.25) is 4.79 Å². The third-order valence-corrected chi connectivity index (χ3v) is 4.85. The van der Waals surface area contributed by atoms with Crippen molar-refractivity contribution in [1.29, 1.82) is 0 Å². The van der Waals surface area contributed by atoms with Crippen molar-refractivity contribution in [2.45, 2.75) is 25.9 Å². The monoisotopic (exact) mass is 349 g/mol. The largest absolute Gasteiger partial charge is 0.465 e. The summed E-state index contributed by atoms with van der Waals surface area (Å²) in [7, 11) is 1.33. The summed E-state index contributed by atoms with van der Waals surface area (Å²) in [5.41, 5.74) is 3.14. The number of aromatic amines is 1. The van der Waals surface area contributed by atoms with E-state index >= 15 is 0 Å². The minimum Gasteiger partial charge on any atom is -0.465 e. The molecular weight excluding hydrogens is 330 g/mol. The van der Waals surface area contributed by atoms with E-state index in [0.29, 0.717) is 34.9 Å². The van der Waals surface area contributed by atoms with E-state index in [-0.39, 0.29) is 5.56 Å². The normalized spacial score (nSPS) is 15.9. The van der Waals surface area contributed by atoms with Gasteiger partial charge in [0.05, 0.1) is 30.1 Å². The van der Waals surface area contributed by atoms with Crippen molar-refractivity contribution in [1.82, 2.24) is 9.97 Å². The average Bonchev–Trinajstić information content (AvgIpc) is 2.96. The molecule has 1 N–H and O–H groups in total. The molecule has 4 rings (SSSR count). The Morgan fingerprint density at radius 3 is 2.92 bits per heavy atom. The number of para-hydroxylation sites is 1. The van der Waals surface area contributed by atoms with Crippen molar-refractivity contribution in [2.24, 2.45) is 0 Å². The van der Waals surface area contributed by atoms with Crippen molar-refractivity contribution in [3.05, 3.63) is 69.8 Å². The lowest BCUT2D eigenvalue weighted by molar-refractivity contribution is 0.0601. The Hall–Kier alpha value is -3.15. The van der Waals surface area contributed by atoms with E-state index in [1.807, 2.05) is 12.1 Å². The molecule has 0 amide bonds. The molecule has 2 aromatic carbocycles. The van der Waals surface area contributed by atoms with Gasteiger partial charge in [-0.05, 0) is 43.2 Å². The van der Waals surface area contributed by atoms with E-state index in [4.69, 9.17) is 4.74 Å². The molecule has 0 spiro atoms. The molecule has 1 atom stereocenters. The number of methoxy groups -OCH3 is 1. The predicted molar refractivity (Wildman–Crippen MR) is 99.5 cm³/mol. The highest BCUT2D eigenvalue weighted by molar-refractivity contribution is 5.93. The summed E-state index contributed by atoms with van der Waals surface area (Å²) < 4.78 is 4.75. The molecule has 0 bridgehead atoms. The minimum atomic E-state index is -0.447. The van der Waals surface area contributed by atoms with Crippen LogP contribution in [0.4, 0.5) is 5.69 Å². The summed E-state index contributed by atoms with van der Waals surface area (Å²) in [6.45, 7) is 2.67. The first-order valence-electron chi connectivity index (χ1n) is 8.52. The Morgan fingerprint density at radius 1 is 1.31 bits per heavy atom. The summed E-state index contributed by atoms with van der Waals surface area (Å²) in [5.74, 6) is 0.130. The quantitative estimate of drug-likeness (QED) is 0.736. The van der Waals surface area contributed by atoms with E-state index in [9.17, 15) is 9.59 Å². The van der Waals surface area contributed by atoms with Gasteiger partial charge in [0.25, 0.3) is 5.56 Å². The van der Waals surface area contributed by atoms with Gasteiger partial charge < -0.3 is 14.6 Å².